The number of rotatable bonds is 7. The molecule has 1 amide bonds. The monoisotopic (exact) mass is 422 g/mol. The third-order valence-electron chi connectivity index (χ3n) is 5.96. The van der Waals surface area contributed by atoms with Crippen molar-refractivity contribution in [2.45, 2.75) is 45.3 Å². The summed E-state index contributed by atoms with van der Waals surface area (Å²) >= 11 is 1.62. The number of thiazole rings is 1. The number of pyridine rings is 1. The second-order valence-corrected chi connectivity index (χ2v) is 9.06. The van der Waals surface area contributed by atoms with E-state index in [1.807, 2.05) is 25.1 Å². The van der Waals surface area contributed by atoms with Crippen LogP contribution in [0, 0.1) is 12.8 Å². The van der Waals surface area contributed by atoms with E-state index in [0.29, 0.717) is 12.5 Å². The van der Waals surface area contributed by atoms with Crippen molar-refractivity contribution in [3.63, 3.8) is 0 Å². The number of carbonyl (C=O) groups is 1. The SMILES string of the molecule is Cc1c(C(=O)NCC2CCCO2)cc(-c2csc(-c3ccncc3)n2)n1CC1CC1. The fourth-order valence-corrected chi connectivity index (χ4v) is 4.83. The minimum absolute atomic E-state index is 0.0246. The smallest absolute Gasteiger partial charge is 0.253 e. The summed E-state index contributed by atoms with van der Waals surface area (Å²) in [6.45, 7) is 4.36. The molecule has 3 aromatic rings. The summed E-state index contributed by atoms with van der Waals surface area (Å²) in [6, 6.07) is 5.95. The van der Waals surface area contributed by atoms with E-state index in [4.69, 9.17) is 9.72 Å². The van der Waals surface area contributed by atoms with Crippen molar-refractivity contribution in [1.82, 2.24) is 19.9 Å². The van der Waals surface area contributed by atoms with Crippen LogP contribution >= 0.6 is 11.3 Å². The Labute approximate surface area is 180 Å². The Balaban J connectivity index is 1.43. The van der Waals surface area contributed by atoms with Gasteiger partial charge < -0.3 is 14.6 Å². The highest BCUT2D eigenvalue weighted by atomic mass is 32.1. The van der Waals surface area contributed by atoms with Crippen molar-refractivity contribution < 1.29 is 9.53 Å². The van der Waals surface area contributed by atoms with Gasteiger partial charge in [0.05, 0.1) is 23.1 Å². The van der Waals surface area contributed by atoms with Gasteiger partial charge in [0.1, 0.15) is 5.01 Å². The zero-order valence-electron chi connectivity index (χ0n) is 17.1. The van der Waals surface area contributed by atoms with E-state index in [1.54, 1.807) is 23.7 Å². The van der Waals surface area contributed by atoms with Crippen LogP contribution in [-0.2, 0) is 11.3 Å². The molecule has 2 aliphatic rings. The lowest BCUT2D eigenvalue weighted by atomic mass is 10.2. The van der Waals surface area contributed by atoms with Gasteiger partial charge in [-0.3, -0.25) is 9.78 Å². The summed E-state index contributed by atoms with van der Waals surface area (Å²) in [5.74, 6) is 0.680. The topological polar surface area (TPSA) is 69.0 Å². The lowest BCUT2D eigenvalue weighted by Gasteiger charge is -2.12. The maximum atomic E-state index is 12.9. The maximum Gasteiger partial charge on any atom is 0.253 e. The molecule has 1 N–H and O–H groups in total. The second-order valence-electron chi connectivity index (χ2n) is 8.20. The van der Waals surface area contributed by atoms with Crippen LogP contribution in [0.2, 0.25) is 0 Å². The van der Waals surface area contributed by atoms with Crippen LogP contribution in [0.15, 0.2) is 36.0 Å². The van der Waals surface area contributed by atoms with E-state index < -0.39 is 0 Å². The minimum atomic E-state index is -0.0246. The van der Waals surface area contributed by atoms with Gasteiger partial charge in [0.15, 0.2) is 0 Å². The summed E-state index contributed by atoms with van der Waals surface area (Å²) in [5.41, 5.74) is 4.77. The van der Waals surface area contributed by atoms with Crippen LogP contribution in [0.1, 0.15) is 41.7 Å². The largest absolute Gasteiger partial charge is 0.376 e. The molecule has 0 radical (unpaired) electrons. The average molecular weight is 423 g/mol. The molecule has 0 spiro atoms. The van der Waals surface area contributed by atoms with E-state index in [2.05, 4.69) is 20.2 Å². The van der Waals surface area contributed by atoms with Gasteiger partial charge in [-0.2, -0.15) is 0 Å². The first-order valence-corrected chi connectivity index (χ1v) is 11.5. The number of hydrogen-bond donors (Lipinski definition) is 1. The third kappa shape index (κ3) is 4.04. The molecule has 1 aliphatic heterocycles. The molecule has 1 saturated heterocycles. The van der Waals surface area contributed by atoms with Crippen LogP contribution in [0.4, 0.5) is 0 Å². The van der Waals surface area contributed by atoms with E-state index in [9.17, 15) is 4.79 Å². The number of hydrogen-bond acceptors (Lipinski definition) is 5. The van der Waals surface area contributed by atoms with Crippen molar-refractivity contribution in [3.8, 4) is 22.0 Å². The number of nitrogens with one attached hydrogen (secondary N) is 1. The lowest BCUT2D eigenvalue weighted by Crippen LogP contribution is -2.32. The summed E-state index contributed by atoms with van der Waals surface area (Å²) < 4.78 is 7.92. The van der Waals surface area contributed by atoms with E-state index in [1.165, 1.54) is 12.8 Å². The number of amides is 1. The van der Waals surface area contributed by atoms with Gasteiger partial charge in [-0.1, -0.05) is 0 Å². The van der Waals surface area contributed by atoms with Crippen molar-refractivity contribution in [3.05, 3.63) is 47.2 Å². The Bertz CT molecular complexity index is 1030. The zero-order valence-corrected chi connectivity index (χ0v) is 18.0. The highest BCUT2D eigenvalue weighted by Crippen LogP contribution is 2.36. The zero-order chi connectivity index (χ0) is 20.5. The van der Waals surface area contributed by atoms with Gasteiger partial charge in [0.25, 0.3) is 5.91 Å². The first kappa shape index (κ1) is 19.5. The molecule has 30 heavy (non-hydrogen) atoms. The molecule has 156 valence electrons. The molecular weight excluding hydrogens is 396 g/mol. The van der Waals surface area contributed by atoms with E-state index >= 15 is 0 Å². The lowest BCUT2D eigenvalue weighted by molar-refractivity contribution is 0.0857. The molecule has 1 aliphatic carbocycles. The number of carbonyl (C=O) groups excluding carboxylic acids is 1. The summed E-state index contributed by atoms with van der Waals surface area (Å²) in [7, 11) is 0. The Kier molecular flexibility index (Phi) is 5.39. The Morgan fingerprint density at radius 1 is 1.30 bits per heavy atom. The predicted molar refractivity (Wildman–Crippen MR) is 118 cm³/mol. The number of nitrogens with zero attached hydrogens (tertiary/aromatic N) is 3. The van der Waals surface area contributed by atoms with Crippen molar-refractivity contribution in [2.75, 3.05) is 13.2 Å². The fourth-order valence-electron chi connectivity index (χ4n) is 4.01. The van der Waals surface area contributed by atoms with Crippen LogP contribution in [0.3, 0.4) is 0 Å². The summed E-state index contributed by atoms with van der Waals surface area (Å²) in [6.07, 6.45) is 8.33. The van der Waals surface area contributed by atoms with Crippen LogP contribution in [0.25, 0.3) is 22.0 Å². The number of aromatic nitrogens is 3. The first-order chi connectivity index (χ1) is 14.7. The average Bonchev–Trinajstić information content (AvgIpc) is 3.14. The summed E-state index contributed by atoms with van der Waals surface area (Å²) in [4.78, 5) is 21.9. The standard InChI is InChI=1S/C23H26N4O2S/c1-15-19(22(28)25-12-18-3-2-10-29-18)11-21(27(15)13-16-4-5-16)20-14-30-23(26-20)17-6-8-24-9-7-17/h6-9,11,14,16,18H,2-5,10,12-13H2,1H3,(H,25,28). The van der Waals surface area contributed by atoms with Gasteiger partial charge in [-0.15, -0.1) is 11.3 Å². The van der Waals surface area contributed by atoms with Gasteiger partial charge in [-0.25, -0.2) is 4.98 Å². The quantitative estimate of drug-likeness (QED) is 0.616. The molecule has 2 fully saturated rings. The van der Waals surface area contributed by atoms with Gasteiger partial charge >= 0.3 is 0 Å². The summed E-state index contributed by atoms with van der Waals surface area (Å²) in [5, 5.41) is 6.12. The van der Waals surface area contributed by atoms with E-state index in [0.717, 1.165) is 59.2 Å². The van der Waals surface area contributed by atoms with Crippen LogP contribution in [0.5, 0.6) is 0 Å². The van der Waals surface area contributed by atoms with Crippen molar-refractivity contribution in [1.29, 1.82) is 0 Å². The Morgan fingerprint density at radius 2 is 2.13 bits per heavy atom. The maximum absolute atomic E-state index is 12.9. The third-order valence-corrected chi connectivity index (χ3v) is 6.85. The predicted octanol–water partition coefficient (Wildman–Crippen LogP) is 4.30. The molecule has 3 aromatic heterocycles. The molecule has 0 aromatic carbocycles. The highest BCUT2D eigenvalue weighted by molar-refractivity contribution is 7.13. The molecule has 1 atom stereocenters. The van der Waals surface area contributed by atoms with Crippen LogP contribution in [-0.4, -0.2) is 39.7 Å². The molecule has 1 unspecified atom stereocenters. The molecule has 0 bridgehead atoms. The number of ether oxygens (including phenoxy) is 1. The van der Waals surface area contributed by atoms with Crippen molar-refractivity contribution in [2.24, 2.45) is 5.92 Å². The van der Waals surface area contributed by atoms with Gasteiger partial charge in [0, 0.05) is 48.7 Å². The van der Waals surface area contributed by atoms with Gasteiger partial charge in [-0.05, 0) is 56.7 Å². The fraction of sp³-hybridized carbons (Fsp3) is 0.435. The Hall–Kier alpha value is -2.51. The van der Waals surface area contributed by atoms with Gasteiger partial charge in [0.2, 0.25) is 0 Å². The second kappa shape index (κ2) is 8.32. The molecule has 6 nitrogen and oxygen atoms in total. The molecule has 4 heterocycles. The van der Waals surface area contributed by atoms with E-state index in [-0.39, 0.29) is 12.0 Å². The van der Waals surface area contributed by atoms with Crippen LogP contribution < -0.4 is 5.32 Å². The molecular formula is C23H26N4O2S. The molecule has 1 saturated carbocycles. The first-order valence-electron chi connectivity index (χ1n) is 10.7. The Morgan fingerprint density at radius 3 is 2.87 bits per heavy atom. The minimum Gasteiger partial charge on any atom is -0.376 e. The molecule has 7 heteroatoms. The highest BCUT2D eigenvalue weighted by Gasteiger charge is 2.27. The normalized spacial score (nSPS) is 18.6. The van der Waals surface area contributed by atoms with Crippen molar-refractivity contribution >= 4 is 17.2 Å². The molecule has 5 rings (SSSR count).